The summed E-state index contributed by atoms with van der Waals surface area (Å²) < 4.78 is 1.89. The number of aromatic nitrogens is 2. The van der Waals surface area contributed by atoms with Crippen molar-refractivity contribution in [1.82, 2.24) is 15.2 Å². The van der Waals surface area contributed by atoms with Crippen molar-refractivity contribution in [3.63, 3.8) is 0 Å². The number of thioether (sulfide) groups is 1. The Morgan fingerprint density at radius 1 is 1.29 bits per heavy atom. The molecule has 4 nitrogen and oxygen atoms in total. The van der Waals surface area contributed by atoms with Crippen molar-refractivity contribution in [3.8, 4) is 0 Å². The van der Waals surface area contributed by atoms with Crippen LogP contribution < -0.4 is 11.3 Å². The maximum Gasteiger partial charge on any atom is 0.0835 e. The molecule has 1 atom stereocenters. The Morgan fingerprint density at radius 3 is 2.62 bits per heavy atom. The highest BCUT2D eigenvalue weighted by atomic mass is 35.5. The number of hydrazine groups is 1. The molecule has 3 N–H and O–H groups in total. The number of hydrogen-bond donors (Lipinski definition) is 2. The fraction of sp³-hybridized carbons (Fsp3) is 0.357. The molecule has 0 fully saturated rings. The van der Waals surface area contributed by atoms with Crippen molar-refractivity contribution in [3.05, 3.63) is 46.2 Å². The van der Waals surface area contributed by atoms with E-state index >= 15 is 0 Å². The lowest BCUT2D eigenvalue weighted by Crippen LogP contribution is -2.32. The first-order valence-corrected chi connectivity index (χ1v) is 8.35. The van der Waals surface area contributed by atoms with Crippen LogP contribution in [0.5, 0.6) is 0 Å². The Hall–Kier alpha value is -0.720. The predicted octanol–water partition coefficient (Wildman–Crippen LogP) is 4.07. The summed E-state index contributed by atoms with van der Waals surface area (Å²) in [5, 5.41) is 5.67. The number of nitrogens with zero attached hydrogens (tertiary/aromatic N) is 2. The lowest BCUT2D eigenvalue weighted by molar-refractivity contribution is 0.468. The Balaban J connectivity index is 2.17. The molecular formula is C14H18Cl2N4S. The van der Waals surface area contributed by atoms with E-state index in [1.165, 1.54) is 0 Å². The average molecular weight is 345 g/mol. The summed E-state index contributed by atoms with van der Waals surface area (Å²) in [4.78, 5) is 1.02. The van der Waals surface area contributed by atoms with E-state index in [0.717, 1.165) is 15.6 Å². The molecule has 2 aromatic rings. The van der Waals surface area contributed by atoms with E-state index < -0.39 is 0 Å². The number of rotatable bonds is 6. The van der Waals surface area contributed by atoms with Crippen molar-refractivity contribution >= 4 is 35.0 Å². The van der Waals surface area contributed by atoms with E-state index in [4.69, 9.17) is 29.0 Å². The fourth-order valence-electron chi connectivity index (χ4n) is 2.03. The lowest BCUT2D eigenvalue weighted by atomic mass is 10.2. The summed E-state index contributed by atoms with van der Waals surface area (Å²) >= 11 is 14.1. The van der Waals surface area contributed by atoms with Gasteiger partial charge in [0.1, 0.15) is 0 Å². The van der Waals surface area contributed by atoms with Gasteiger partial charge in [0, 0.05) is 16.7 Å². The first kappa shape index (κ1) is 16.6. The molecule has 7 heteroatoms. The highest BCUT2D eigenvalue weighted by Crippen LogP contribution is 2.32. The first-order valence-electron chi connectivity index (χ1n) is 6.61. The summed E-state index contributed by atoms with van der Waals surface area (Å²) in [6.45, 7) is 4.11. The van der Waals surface area contributed by atoms with Gasteiger partial charge in [0.05, 0.1) is 28.0 Å². The van der Waals surface area contributed by atoms with Gasteiger partial charge in [0.15, 0.2) is 0 Å². The molecule has 1 aromatic carbocycles. The van der Waals surface area contributed by atoms with Gasteiger partial charge in [-0.15, -0.1) is 11.8 Å². The second kappa shape index (κ2) is 7.51. The van der Waals surface area contributed by atoms with Crippen LogP contribution in [0.25, 0.3) is 0 Å². The average Bonchev–Trinajstić information content (AvgIpc) is 2.84. The molecule has 0 aliphatic heterocycles. The van der Waals surface area contributed by atoms with Crippen LogP contribution in [0.3, 0.4) is 0 Å². The molecular weight excluding hydrogens is 327 g/mol. The van der Waals surface area contributed by atoms with E-state index in [9.17, 15) is 0 Å². The van der Waals surface area contributed by atoms with Gasteiger partial charge in [0.2, 0.25) is 0 Å². The summed E-state index contributed by atoms with van der Waals surface area (Å²) in [6, 6.07) is 7.85. The lowest BCUT2D eigenvalue weighted by Gasteiger charge is -2.20. The second-order valence-electron chi connectivity index (χ2n) is 4.88. The van der Waals surface area contributed by atoms with Gasteiger partial charge in [-0.1, -0.05) is 35.3 Å². The summed E-state index contributed by atoms with van der Waals surface area (Å²) in [7, 11) is 0. The molecule has 0 aliphatic carbocycles. The number of hydrogen-bond acceptors (Lipinski definition) is 4. The Bertz CT molecular complexity index is 600. The molecule has 0 radical (unpaired) electrons. The smallest absolute Gasteiger partial charge is 0.0835 e. The predicted molar refractivity (Wildman–Crippen MR) is 89.9 cm³/mol. The van der Waals surface area contributed by atoms with E-state index in [2.05, 4.69) is 24.4 Å². The maximum absolute atomic E-state index is 6.26. The standard InChI is InChI=1S/C14H18Cl2N4S/c1-9(2)20-14(11(16)7-18-20)12(19-17)8-21-13-6-4-3-5-10(13)15/h3-7,9,12,19H,8,17H2,1-2H3. The van der Waals surface area contributed by atoms with E-state index in [1.54, 1.807) is 18.0 Å². The number of nitrogens with one attached hydrogen (secondary N) is 1. The van der Waals surface area contributed by atoms with E-state index in [-0.39, 0.29) is 12.1 Å². The third-order valence-electron chi connectivity index (χ3n) is 3.05. The van der Waals surface area contributed by atoms with Crippen LogP contribution in [0.1, 0.15) is 31.6 Å². The molecule has 1 aromatic heterocycles. The minimum absolute atomic E-state index is 0.108. The second-order valence-corrected chi connectivity index (χ2v) is 6.75. The van der Waals surface area contributed by atoms with Crippen molar-refractivity contribution in [2.24, 2.45) is 5.84 Å². The molecule has 0 spiro atoms. The number of benzene rings is 1. The number of halogens is 2. The van der Waals surface area contributed by atoms with Crippen LogP contribution in [-0.2, 0) is 0 Å². The first-order chi connectivity index (χ1) is 10.0. The maximum atomic E-state index is 6.26. The van der Waals surface area contributed by atoms with Gasteiger partial charge in [0.25, 0.3) is 0 Å². The van der Waals surface area contributed by atoms with Gasteiger partial charge in [-0.05, 0) is 26.0 Å². The molecule has 0 aliphatic rings. The zero-order chi connectivity index (χ0) is 15.4. The van der Waals surface area contributed by atoms with Crippen molar-refractivity contribution in [2.75, 3.05) is 5.75 Å². The Labute approximate surface area is 139 Å². The zero-order valence-electron chi connectivity index (χ0n) is 11.9. The van der Waals surface area contributed by atoms with Gasteiger partial charge in [-0.25, -0.2) is 0 Å². The van der Waals surface area contributed by atoms with Crippen LogP contribution in [0.2, 0.25) is 10.0 Å². The molecule has 114 valence electrons. The van der Waals surface area contributed by atoms with Crippen molar-refractivity contribution in [2.45, 2.75) is 30.8 Å². The Kier molecular flexibility index (Phi) is 5.96. The number of nitrogens with two attached hydrogens (primary N) is 1. The quantitative estimate of drug-likeness (QED) is 0.471. The SMILES string of the molecule is CC(C)n1ncc(Cl)c1C(CSc1ccccc1Cl)NN. The molecule has 1 unspecified atom stereocenters. The van der Waals surface area contributed by atoms with Crippen LogP contribution >= 0.6 is 35.0 Å². The van der Waals surface area contributed by atoms with Gasteiger partial charge < -0.3 is 0 Å². The van der Waals surface area contributed by atoms with Gasteiger partial charge >= 0.3 is 0 Å². The van der Waals surface area contributed by atoms with E-state index in [0.29, 0.717) is 10.8 Å². The fourth-order valence-corrected chi connectivity index (χ4v) is 3.57. The van der Waals surface area contributed by atoms with E-state index in [1.807, 2.05) is 28.9 Å². The summed E-state index contributed by atoms with van der Waals surface area (Å²) in [5.41, 5.74) is 3.72. The summed E-state index contributed by atoms with van der Waals surface area (Å²) in [6.07, 6.45) is 1.65. The molecule has 0 bridgehead atoms. The molecule has 0 amide bonds. The highest BCUT2D eigenvalue weighted by molar-refractivity contribution is 7.99. The highest BCUT2D eigenvalue weighted by Gasteiger charge is 2.21. The third-order valence-corrected chi connectivity index (χ3v) is 4.95. The third kappa shape index (κ3) is 3.93. The van der Waals surface area contributed by atoms with Crippen LogP contribution in [0.15, 0.2) is 35.4 Å². The molecule has 2 rings (SSSR count). The van der Waals surface area contributed by atoms with Crippen LogP contribution in [0, 0.1) is 0 Å². The van der Waals surface area contributed by atoms with Crippen LogP contribution in [0.4, 0.5) is 0 Å². The monoisotopic (exact) mass is 344 g/mol. The van der Waals surface area contributed by atoms with Crippen molar-refractivity contribution in [1.29, 1.82) is 0 Å². The van der Waals surface area contributed by atoms with Gasteiger partial charge in [-0.3, -0.25) is 16.0 Å². The Morgan fingerprint density at radius 2 is 2.00 bits per heavy atom. The zero-order valence-corrected chi connectivity index (χ0v) is 14.2. The topological polar surface area (TPSA) is 55.9 Å². The van der Waals surface area contributed by atoms with Crippen LogP contribution in [-0.4, -0.2) is 15.5 Å². The molecule has 21 heavy (non-hydrogen) atoms. The minimum Gasteiger partial charge on any atom is -0.271 e. The molecule has 0 saturated carbocycles. The normalized spacial score (nSPS) is 12.9. The summed E-state index contributed by atoms with van der Waals surface area (Å²) in [5.74, 6) is 6.41. The molecule has 0 saturated heterocycles. The molecule has 1 heterocycles. The van der Waals surface area contributed by atoms with Crippen molar-refractivity contribution < 1.29 is 0 Å². The van der Waals surface area contributed by atoms with Gasteiger partial charge in [-0.2, -0.15) is 5.10 Å². The largest absolute Gasteiger partial charge is 0.271 e. The minimum atomic E-state index is -0.108.